The normalized spacial score (nSPS) is 17.4. The standard InChI is InChI=1S/C35H36N2O2/c1-3-5-6-12-23(4-2)37-34(38)30-16-11-15-29-27(19-21-31(33(29)30)35(37)39)26-18-20-28(32-17-9-10-22-36-32)25-14-8-7-13-24(25)26/h7-11,13-21,23,35-36,39H,3-6,12,22H2,1-2H3. The Morgan fingerprint density at radius 1 is 0.872 bits per heavy atom. The van der Waals surface area contributed by atoms with Gasteiger partial charge in [0.25, 0.3) is 5.91 Å². The van der Waals surface area contributed by atoms with Crippen LogP contribution in [0.15, 0.2) is 85.0 Å². The summed E-state index contributed by atoms with van der Waals surface area (Å²) in [4.78, 5) is 15.6. The highest BCUT2D eigenvalue weighted by atomic mass is 16.3. The largest absolute Gasteiger partial charge is 0.381 e. The van der Waals surface area contributed by atoms with E-state index in [-0.39, 0.29) is 11.9 Å². The molecule has 0 aromatic heterocycles. The molecule has 0 aliphatic carbocycles. The number of hydrogen-bond donors (Lipinski definition) is 2. The lowest BCUT2D eigenvalue weighted by Crippen LogP contribution is -2.45. The molecule has 2 aliphatic heterocycles. The first-order valence-electron chi connectivity index (χ1n) is 14.3. The number of dihydropyridines is 1. The Balaban J connectivity index is 1.48. The van der Waals surface area contributed by atoms with Crippen molar-refractivity contribution in [3.8, 4) is 11.1 Å². The van der Waals surface area contributed by atoms with Crippen LogP contribution >= 0.6 is 0 Å². The van der Waals surface area contributed by atoms with Gasteiger partial charge in [0.15, 0.2) is 6.23 Å². The van der Waals surface area contributed by atoms with Crippen LogP contribution < -0.4 is 5.32 Å². The summed E-state index contributed by atoms with van der Waals surface area (Å²) >= 11 is 0. The summed E-state index contributed by atoms with van der Waals surface area (Å²) in [7, 11) is 0. The second kappa shape index (κ2) is 10.7. The summed E-state index contributed by atoms with van der Waals surface area (Å²) < 4.78 is 0. The van der Waals surface area contributed by atoms with Gasteiger partial charge in [0.1, 0.15) is 0 Å². The average molecular weight is 517 g/mol. The van der Waals surface area contributed by atoms with Gasteiger partial charge in [0.05, 0.1) is 0 Å². The number of nitrogens with one attached hydrogen (secondary N) is 1. The summed E-state index contributed by atoms with van der Waals surface area (Å²) in [6.07, 6.45) is 10.5. The van der Waals surface area contributed by atoms with Gasteiger partial charge in [-0.3, -0.25) is 4.79 Å². The molecule has 2 unspecified atom stereocenters. The molecule has 0 saturated heterocycles. The summed E-state index contributed by atoms with van der Waals surface area (Å²) in [5, 5.41) is 19.3. The fourth-order valence-electron chi connectivity index (χ4n) is 6.41. The summed E-state index contributed by atoms with van der Waals surface area (Å²) in [6, 6.07) is 23.1. The van der Waals surface area contributed by atoms with Crippen molar-refractivity contribution in [2.24, 2.45) is 0 Å². The molecule has 0 radical (unpaired) electrons. The lowest BCUT2D eigenvalue weighted by atomic mass is 9.85. The Morgan fingerprint density at radius 2 is 1.59 bits per heavy atom. The fourth-order valence-corrected chi connectivity index (χ4v) is 6.41. The first kappa shape index (κ1) is 25.4. The van der Waals surface area contributed by atoms with E-state index < -0.39 is 6.23 Å². The Morgan fingerprint density at radius 3 is 2.33 bits per heavy atom. The maximum absolute atomic E-state index is 13.9. The SMILES string of the molecule is CCCCCC(CC)N1C(=O)c2cccc3c(-c4ccc(C5=CC=CCN5)c5ccccc45)ccc(c23)C1O. The molecule has 2 atom stereocenters. The second-order valence-electron chi connectivity index (χ2n) is 10.7. The monoisotopic (exact) mass is 516 g/mol. The Labute approximate surface area is 230 Å². The molecule has 4 aromatic rings. The third kappa shape index (κ3) is 4.33. The predicted molar refractivity (Wildman–Crippen MR) is 161 cm³/mol. The first-order valence-corrected chi connectivity index (χ1v) is 14.3. The van der Waals surface area contributed by atoms with E-state index in [1.165, 1.54) is 16.3 Å². The van der Waals surface area contributed by atoms with Crippen LogP contribution in [0.4, 0.5) is 0 Å². The number of aliphatic hydroxyl groups excluding tert-OH is 1. The number of carbonyl (C=O) groups is 1. The topological polar surface area (TPSA) is 52.6 Å². The molecule has 0 saturated carbocycles. The summed E-state index contributed by atoms with van der Waals surface area (Å²) in [5.74, 6) is -0.0651. The predicted octanol–water partition coefficient (Wildman–Crippen LogP) is 7.97. The van der Waals surface area contributed by atoms with Crippen molar-refractivity contribution in [2.45, 2.75) is 58.2 Å². The van der Waals surface area contributed by atoms with Gasteiger partial charge in [-0.15, -0.1) is 0 Å². The molecule has 2 N–H and O–H groups in total. The van der Waals surface area contributed by atoms with Crippen molar-refractivity contribution in [3.63, 3.8) is 0 Å². The Hall–Kier alpha value is -3.89. The minimum absolute atomic E-state index is 0.0242. The number of aliphatic hydroxyl groups is 1. The number of carbonyl (C=O) groups excluding carboxylic acids is 1. The number of hydrogen-bond acceptors (Lipinski definition) is 3. The number of allylic oxidation sites excluding steroid dienone is 2. The van der Waals surface area contributed by atoms with Gasteiger partial charge in [-0.05, 0) is 52.3 Å². The number of amides is 1. The molecule has 39 heavy (non-hydrogen) atoms. The van der Waals surface area contributed by atoms with Crippen molar-refractivity contribution < 1.29 is 9.90 Å². The van der Waals surface area contributed by atoms with E-state index >= 15 is 0 Å². The molecule has 1 amide bonds. The van der Waals surface area contributed by atoms with Gasteiger partial charge in [0, 0.05) is 40.4 Å². The molecule has 2 heterocycles. The van der Waals surface area contributed by atoms with Gasteiger partial charge >= 0.3 is 0 Å². The van der Waals surface area contributed by atoms with E-state index in [1.54, 1.807) is 4.90 Å². The number of fused-ring (bicyclic) bond motifs is 1. The van der Waals surface area contributed by atoms with E-state index in [1.807, 2.05) is 18.2 Å². The highest BCUT2D eigenvalue weighted by molar-refractivity contribution is 6.16. The van der Waals surface area contributed by atoms with Crippen molar-refractivity contribution in [3.05, 3.63) is 102 Å². The third-order valence-corrected chi connectivity index (χ3v) is 8.40. The second-order valence-corrected chi connectivity index (χ2v) is 10.7. The van der Waals surface area contributed by atoms with Crippen molar-refractivity contribution in [1.82, 2.24) is 10.2 Å². The smallest absolute Gasteiger partial charge is 0.257 e. The molecular weight excluding hydrogens is 480 g/mol. The van der Waals surface area contributed by atoms with Crippen LogP contribution in [0, 0.1) is 0 Å². The minimum atomic E-state index is -0.938. The highest BCUT2D eigenvalue weighted by Gasteiger charge is 2.37. The molecule has 198 valence electrons. The van der Waals surface area contributed by atoms with Gasteiger partial charge < -0.3 is 15.3 Å². The van der Waals surface area contributed by atoms with Crippen molar-refractivity contribution in [2.75, 3.05) is 6.54 Å². The van der Waals surface area contributed by atoms with Gasteiger partial charge in [0.2, 0.25) is 0 Å². The average Bonchev–Trinajstić information content (AvgIpc) is 2.99. The zero-order chi connectivity index (χ0) is 26.9. The van der Waals surface area contributed by atoms with Crippen LogP contribution in [0.3, 0.4) is 0 Å². The molecule has 0 spiro atoms. The Kier molecular flexibility index (Phi) is 6.97. The lowest BCUT2D eigenvalue weighted by Gasteiger charge is -2.39. The molecule has 4 nitrogen and oxygen atoms in total. The lowest BCUT2D eigenvalue weighted by molar-refractivity contribution is -0.0186. The van der Waals surface area contributed by atoms with Crippen molar-refractivity contribution in [1.29, 1.82) is 0 Å². The van der Waals surface area contributed by atoms with E-state index in [9.17, 15) is 9.90 Å². The highest BCUT2D eigenvalue weighted by Crippen LogP contribution is 2.43. The molecule has 0 bridgehead atoms. The first-order chi connectivity index (χ1) is 19.1. The van der Waals surface area contributed by atoms with Crippen LogP contribution in [-0.2, 0) is 0 Å². The van der Waals surface area contributed by atoms with E-state index in [2.05, 4.69) is 85.9 Å². The maximum atomic E-state index is 13.9. The van der Waals surface area contributed by atoms with Gasteiger partial charge in [-0.1, -0.05) is 106 Å². The van der Waals surface area contributed by atoms with Crippen LogP contribution in [-0.4, -0.2) is 28.5 Å². The van der Waals surface area contributed by atoms with E-state index in [4.69, 9.17) is 0 Å². The van der Waals surface area contributed by atoms with E-state index in [0.29, 0.717) is 5.56 Å². The van der Waals surface area contributed by atoms with Crippen LogP contribution in [0.2, 0.25) is 0 Å². The minimum Gasteiger partial charge on any atom is -0.381 e. The molecular formula is C35H36N2O2. The third-order valence-electron chi connectivity index (χ3n) is 8.40. The van der Waals surface area contributed by atoms with Crippen LogP contribution in [0.5, 0.6) is 0 Å². The van der Waals surface area contributed by atoms with E-state index in [0.717, 1.165) is 71.8 Å². The zero-order valence-electron chi connectivity index (χ0n) is 22.8. The van der Waals surface area contributed by atoms with Crippen LogP contribution in [0.25, 0.3) is 38.4 Å². The number of nitrogens with zero attached hydrogens (tertiary/aromatic N) is 1. The summed E-state index contributed by atoms with van der Waals surface area (Å²) in [5.41, 5.74) is 6.01. The van der Waals surface area contributed by atoms with Crippen LogP contribution in [0.1, 0.15) is 73.7 Å². The number of rotatable bonds is 8. The molecule has 2 aliphatic rings. The maximum Gasteiger partial charge on any atom is 0.257 e. The number of benzene rings is 4. The molecule has 0 fully saturated rings. The Bertz CT molecular complexity index is 1620. The fraction of sp³-hybridized carbons (Fsp3) is 0.286. The zero-order valence-corrected chi connectivity index (χ0v) is 22.8. The van der Waals surface area contributed by atoms with Gasteiger partial charge in [-0.25, -0.2) is 0 Å². The van der Waals surface area contributed by atoms with Crippen molar-refractivity contribution >= 4 is 33.1 Å². The molecule has 6 rings (SSSR count). The number of unbranched alkanes of at least 4 members (excludes halogenated alkanes) is 2. The quantitative estimate of drug-likeness (QED) is 0.234. The molecule has 4 heteroatoms. The summed E-state index contributed by atoms with van der Waals surface area (Å²) in [6.45, 7) is 5.12. The van der Waals surface area contributed by atoms with Gasteiger partial charge in [-0.2, -0.15) is 0 Å². The molecule has 4 aromatic carbocycles.